The van der Waals surface area contributed by atoms with Gasteiger partial charge >= 0.3 is 6.09 Å². The van der Waals surface area contributed by atoms with Crippen LogP contribution in [0.25, 0.3) is 11.0 Å². The Labute approximate surface area is 230 Å². The second kappa shape index (κ2) is 11.7. The first-order chi connectivity index (χ1) is 19.4. The molecule has 0 aliphatic carbocycles. The highest BCUT2D eigenvalue weighted by molar-refractivity contribution is 7.93. The number of nitrogens with one attached hydrogen (secondary N) is 2. The van der Waals surface area contributed by atoms with Crippen LogP contribution < -0.4 is 24.2 Å². The van der Waals surface area contributed by atoms with Gasteiger partial charge in [0.25, 0.3) is 10.0 Å². The molecule has 1 amide bonds. The Balaban J connectivity index is 1.49. The van der Waals surface area contributed by atoms with E-state index in [2.05, 4.69) is 25.0 Å². The molecule has 2 N–H and O–H groups in total. The van der Waals surface area contributed by atoms with Gasteiger partial charge in [0.15, 0.2) is 16.3 Å². The molecule has 3 heterocycles. The summed E-state index contributed by atoms with van der Waals surface area (Å²) < 4.78 is 58.8. The smallest absolute Gasteiger partial charge is 0.407 e. The third kappa shape index (κ3) is 5.91. The van der Waals surface area contributed by atoms with Crippen LogP contribution >= 0.6 is 0 Å². The molecule has 0 unspecified atom stereocenters. The lowest BCUT2D eigenvalue weighted by atomic mass is 10.1. The van der Waals surface area contributed by atoms with Gasteiger partial charge in [-0.05, 0) is 49.1 Å². The largest absolute Gasteiger partial charge is 0.495 e. The van der Waals surface area contributed by atoms with Gasteiger partial charge in [-0.25, -0.2) is 13.2 Å². The number of hydrogen-bond donors (Lipinski definition) is 2. The van der Waals surface area contributed by atoms with Crippen molar-refractivity contribution in [3.05, 3.63) is 53.9 Å². The fourth-order valence-electron chi connectivity index (χ4n) is 4.34. The second-order valence-electron chi connectivity index (χ2n) is 9.04. The fraction of sp³-hybridized carbons (Fsp3) is 0.346. The van der Waals surface area contributed by atoms with Gasteiger partial charge in [-0.1, -0.05) is 11.2 Å². The maximum Gasteiger partial charge on any atom is 0.407 e. The SMILES string of the molecule is COC(=O)NCc1cnn(Cc2cc3c4c(noc4c2)NS(=O)(=O)c2c(OC)cccc2OCCCCCO3)c1. The van der Waals surface area contributed by atoms with Crippen LogP contribution in [0, 0.1) is 0 Å². The summed E-state index contributed by atoms with van der Waals surface area (Å²) in [6.07, 6.45) is 5.21. The third-order valence-electron chi connectivity index (χ3n) is 6.22. The zero-order valence-corrected chi connectivity index (χ0v) is 22.8. The number of carbonyl (C=O) groups is 1. The maximum atomic E-state index is 13.6. The molecular weight excluding hydrogens is 542 g/mol. The van der Waals surface area contributed by atoms with Crippen molar-refractivity contribution in [2.45, 2.75) is 37.2 Å². The summed E-state index contributed by atoms with van der Waals surface area (Å²) in [4.78, 5) is 11.2. The van der Waals surface area contributed by atoms with E-state index in [0.29, 0.717) is 42.9 Å². The first-order valence-electron chi connectivity index (χ1n) is 12.6. The molecule has 1 aliphatic heterocycles. The summed E-state index contributed by atoms with van der Waals surface area (Å²) in [7, 11) is -1.50. The van der Waals surface area contributed by atoms with E-state index >= 15 is 0 Å². The zero-order valence-electron chi connectivity index (χ0n) is 22.0. The Bertz CT molecular complexity index is 1610. The first-order valence-corrected chi connectivity index (χ1v) is 14.1. The lowest BCUT2D eigenvalue weighted by molar-refractivity contribution is 0.170. The third-order valence-corrected chi connectivity index (χ3v) is 7.62. The van der Waals surface area contributed by atoms with Crippen molar-refractivity contribution in [1.82, 2.24) is 20.3 Å². The molecule has 0 atom stereocenters. The lowest BCUT2D eigenvalue weighted by Gasteiger charge is -2.16. The van der Waals surface area contributed by atoms with Crippen molar-refractivity contribution in [2.24, 2.45) is 0 Å². The Hall–Kier alpha value is -4.46. The number of amides is 1. The summed E-state index contributed by atoms with van der Waals surface area (Å²) in [6.45, 7) is 1.38. The van der Waals surface area contributed by atoms with Crippen LogP contribution in [0.5, 0.6) is 17.2 Å². The monoisotopic (exact) mass is 571 g/mol. The van der Waals surface area contributed by atoms with Crippen molar-refractivity contribution in [3.8, 4) is 17.2 Å². The first kappa shape index (κ1) is 27.1. The Morgan fingerprint density at radius 3 is 2.67 bits per heavy atom. The average molecular weight is 572 g/mol. The van der Waals surface area contributed by atoms with Crippen LogP contribution in [0.2, 0.25) is 0 Å². The van der Waals surface area contributed by atoms with E-state index in [1.54, 1.807) is 41.3 Å². The predicted molar refractivity (Wildman–Crippen MR) is 143 cm³/mol. The molecule has 0 saturated carbocycles. The Morgan fingerprint density at radius 1 is 1.10 bits per heavy atom. The van der Waals surface area contributed by atoms with Crippen molar-refractivity contribution in [2.75, 3.05) is 32.2 Å². The quantitative estimate of drug-likeness (QED) is 0.362. The number of aromatic nitrogens is 3. The number of fused-ring (bicyclic) bond motifs is 1. The molecule has 0 spiro atoms. The van der Waals surface area contributed by atoms with Crippen molar-refractivity contribution in [1.29, 1.82) is 0 Å². The van der Waals surface area contributed by atoms with E-state index in [1.807, 2.05) is 6.07 Å². The highest BCUT2D eigenvalue weighted by Gasteiger charge is 2.28. The number of nitrogens with zero attached hydrogens (tertiary/aromatic N) is 3. The minimum absolute atomic E-state index is 0.0132. The number of rotatable bonds is 5. The minimum Gasteiger partial charge on any atom is -0.495 e. The molecule has 0 saturated heterocycles. The van der Waals surface area contributed by atoms with E-state index in [0.717, 1.165) is 24.0 Å². The second-order valence-corrected chi connectivity index (χ2v) is 10.7. The molecule has 2 aromatic heterocycles. The van der Waals surface area contributed by atoms with Crippen molar-refractivity contribution >= 4 is 32.9 Å². The molecule has 14 heteroatoms. The van der Waals surface area contributed by atoms with E-state index in [9.17, 15) is 13.2 Å². The van der Waals surface area contributed by atoms with E-state index in [1.165, 1.54) is 14.2 Å². The van der Waals surface area contributed by atoms with Gasteiger partial charge in [0.05, 0.1) is 40.2 Å². The van der Waals surface area contributed by atoms with Crippen LogP contribution in [0.15, 0.2) is 52.1 Å². The molecular formula is C26H29N5O8S. The molecule has 0 bridgehead atoms. The Morgan fingerprint density at radius 2 is 1.90 bits per heavy atom. The highest BCUT2D eigenvalue weighted by Crippen LogP contribution is 2.38. The van der Waals surface area contributed by atoms with E-state index < -0.39 is 16.1 Å². The number of alkyl carbamates (subject to hydrolysis) is 1. The number of ether oxygens (including phenoxy) is 4. The molecule has 2 aromatic carbocycles. The van der Waals surface area contributed by atoms with Gasteiger partial charge in [-0.3, -0.25) is 9.40 Å². The maximum absolute atomic E-state index is 13.6. The van der Waals surface area contributed by atoms with Gasteiger partial charge in [0, 0.05) is 18.3 Å². The number of anilines is 1. The van der Waals surface area contributed by atoms with Gasteiger partial charge in [0.1, 0.15) is 22.6 Å². The standard InChI is InChI=1S/C26H29N5O8S/c1-35-19-7-6-8-20-24(19)40(33,34)30-25-23-21(38-10-5-3-4-9-37-20)11-17(12-22(23)39-29-25)15-31-16-18(14-28-31)13-27-26(32)36-2/h6-8,11-12,14,16H,3-5,9-10,13,15H2,1-2H3,(H,27,32)(H,29,30). The molecule has 0 fully saturated rings. The van der Waals surface area contributed by atoms with Gasteiger partial charge in [-0.2, -0.15) is 5.10 Å². The molecule has 40 heavy (non-hydrogen) atoms. The van der Waals surface area contributed by atoms with Crippen molar-refractivity contribution < 1.29 is 36.7 Å². The number of carbonyl (C=O) groups excluding carboxylic acids is 1. The van der Waals surface area contributed by atoms with Gasteiger partial charge in [0.2, 0.25) is 0 Å². The van der Waals surface area contributed by atoms with Crippen LogP contribution in [0.1, 0.15) is 30.4 Å². The molecule has 4 aromatic rings. The average Bonchev–Trinajstić information content (AvgIpc) is 3.56. The summed E-state index contributed by atoms with van der Waals surface area (Å²) in [5.41, 5.74) is 1.93. The predicted octanol–water partition coefficient (Wildman–Crippen LogP) is 3.68. The van der Waals surface area contributed by atoms with E-state index in [-0.39, 0.29) is 28.8 Å². The summed E-state index contributed by atoms with van der Waals surface area (Å²) in [6, 6.07) is 8.39. The molecule has 212 valence electrons. The minimum atomic E-state index is -4.19. The zero-order chi connectivity index (χ0) is 28.1. The molecule has 0 radical (unpaired) electrons. The lowest BCUT2D eigenvalue weighted by Crippen LogP contribution is -2.21. The van der Waals surface area contributed by atoms with Crippen LogP contribution in [0.4, 0.5) is 10.6 Å². The fourth-order valence-corrected chi connectivity index (χ4v) is 5.64. The van der Waals surface area contributed by atoms with Gasteiger partial charge < -0.3 is 28.8 Å². The van der Waals surface area contributed by atoms with Gasteiger partial charge in [-0.15, -0.1) is 0 Å². The van der Waals surface area contributed by atoms with Crippen LogP contribution in [0.3, 0.4) is 0 Å². The summed E-state index contributed by atoms with van der Waals surface area (Å²) in [5.74, 6) is 0.750. The molecule has 13 nitrogen and oxygen atoms in total. The summed E-state index contributed by atoms with van der Waals surface area (Å²) in [5, 5.41) is 11.4. The van der Waals surface area contributed by atoms with Crippen LogP contribution in [-0.4, -0.2) is 56.9 Å². The highest BCUT2D eigenvalue weighted by atomic mass is 32.2. The number of hydrogen-bond acceptors (Lipinski definition) is 10. The van der Waals surface area contributed by atoms with E-state index in [4.69, 9.17) is 18.7 Å². The number of benzene rings is 2. The van der Waals surface area contributed by atoms with Crippen LogP contribution in [-0.2, 0) is 27.8 Å². The van der Waals surface area contributed by atoms with Crippen molar-refractivity contribution in [3.63, 3.8) is 0 Å². The number of methoxy groups -OCH3 is 2. The molecule has 1 aliphatic rings. The Kier molecular flexibility index (Phi) is 7.96. The number of sulfonamides is 1. The topological polar surface area (TPSA) is 156 Å². The normalized spacial score (nSPS) is 15.1. The molecule has 5 rings (SSSR count). The summed E-state index contributed by atoms with van der Waals surface area (Å²) >= 11 is 0.